The molecule has 0 aliphatic carbocycles. The number of fused-ring (bicyclic) bond motifs is 1. The standard InChI is InChI=1S/C13H20N4O2/c1-16-6-4-7-17-10(9-16)12(13(14)19)15-11(17)5-2-3-8-18/h2,5,18H,3-4,6-9H2,1H3,(H2,14,19)/b5-2+. The van der Waals surface area contributed by atoms with Gasteiger partial charge in [0, 0.05) is 19.7 Å². The van der Waals surface area contributed by atoms with Gasteiger partial charge in [-0.15, -0.1) is 0 Å². The van der Waals surface area contributed by atoms with Gasteiger partial charge >= 0.3 is 0 Å². The highest BCUT2D eigenvalue weighted by Gasteiger charge is 2.22. The van der Waals surface area contributed by atoms with Gasteiger partial charge in [0.15, 0.2) is 5.69 Å². The van der Waals surface area contributed by atoms with Gasteiger partial charge in [-0.1, -0.05) is 6.08 Å². The van der Waals surface area contributed by atoms with Crippen LogP contribution in [0.15, 0.2) is 6.08 Å². The first kappa shape index (κ1) is 13.8. The second-order valence-electron chi connectivity index (χ2n) is 4.79. The summed E-state index contributed by atoms with van der Waals surface area (Å²) < 4.78 is 2.05. The third kappa shape index (κ3) is 3.02. The average molecular weight is 264 g/mol. The molecule has 1 aromatic rings. The van der Waals surface area contributed by atoms with E-state index >= 15 is 0 Å². The molecular weight excluding hydrogens is 244 g/mol. The van der Waals surface area contributed by atoms with Gasteiger partial charge in [-0.25, -0.2) is 4.98 Å². The van der Waals surface area contributed by atoms with Gasteiger partial charge in [0.25, 0.3) is 5.91 Å². The number of carbonyl (C=O) groups is 1. The number of aliphatic hydroxyl groups excluding tert-OH is 1. The van der Waals surface area contributed by atoms with Crippen LogP contribution in [-0.2, 0) is 13.1 Å². The van der Waals surface area contributed by atoms with Crippen molar-refractivity contribution >= 4 is 12.0 Å². The second kappa shape index (κ2) is 5.99. The van der Waals surface area contributed by atoms with Gasteiger partial charge in [-0.05, 0) is 32.5 Å². The summed E-state index contributed by atoms with van der Waals surface area (Å²) in [6, 6.07) is 0. The van der Waals surface area contributed by atoms with E-state index in [9.17, 15) is 4.79 Å². The summed E-state index contributed by atoms with van der Waals surface area (Å²) in [5.41, 5.74) is 6.65. The van der Waals surface area contributed by atoms with E-state index in [1.54, 1.807) is 0 Å². The van der Waals surface area contributed by atoms with Gasteiger partial charge in [0.1, 0.15) is 5.82 Å². The minimum absolute atomic E-state index is 0.107. The molecule has 0 bridgehead atoms. The molecule has 0 aromatic carbocycles. The largest absolute Gasteiger partial charge is 0.396 e. The Hall–Kier alpha value is -1.66. The molecule has 19 heavy (non-hydrogen) atoms. The van der Waals surface area contributed by atoms with Crippen LogP contribution in [0, 0.1) is 0 Å². The lowest BCUT2D eigenvalue weighted by atomic mass is 10.3. The SMILES string of the molecule is CN1CCCn2c(/C=C/CCO)nc(C(N)=O)c2C1. The maximum Gasteiger partial charge on any atom is 0.269 e. The summed E-state index contributed by atoms with van der Waals surface area (Å²) in [6.07, 6.45) is 5.29. The quantitative estimate of drug-likeness (QED) is 0.814. The van der Waals surface area contributed by atoms with Crippen molar-refractivity contribution in [2.75, 3.05) is 20.2 Å². The fourth-order valence-electron chi connectivity index (χ4n) is 2.34. The van der Waals surface area contributed by atoms with Crippen LogP contribution < -0.4 is 5.73 Å². The molecule has 2 heterocycles. The van der Waals surface area contributed by atoms with Crippen LogP contribution in [0.5, 0.6) is 0 Å². The fourth-order valence-corrected chi connectivity index (χ4v) is 2.34. The average Bonchev–Trinajstić information content (AvgIpc) is 2.57. The molecule has 2 rings (SSSR count). The number of nitrogens with two attached hydrogens (primary N) is 1. The lowest BCUT2D eigenvalue weighted by Gasteiger charge is -2.12. The van der Waals surface area contributed by atoms with Gasteiger partial charge < -0.3 is 20.3 Å². The Kier molecular flexibility index (Phi) is 4.34. The zero-order chi connectivity index (χ0) is 13.8. The highest BCUT2D eigenvalue weighted by molar-refractivity contribution is 5.92. The third-order valence-electron chi connectivity index (χ3n) is 3.24. The van der Waals surface area contributed by atoms with E-state index in [2.05, 4.69) is 14.5 Å². The predicted octanol–water partition coefficient (Wildman–Crippen LogP) is 0.213. The van der Waals surface area contributed by atoms with E-state index in [1.807, 2.05) is 19.2 Å². The van der Waals surface area contributed by atoms with E-state index in [-0.39, 0.29) is 6.61 Å². The molecule has 0 unspecified atom stereocenters. The van der Waals surface area contributed by atoms with E-state index in [4.69, 9.17) is 10.8 Å². The van der Waals surface area contributed by atoms with Crippen molar-refractivity contribution < 1.29 is 9.90 Å². The van der Waals surface area contributed by atoms with Crippen molar-refractivity contribution in [2.24, 2.45) is 5.73 Å². The molecule has 0 fully saturated rings. The molecular formula is C13H20N4O2. The Balaban J connectivity index is 2.40. The molecule has 1 aromatic heterocycles. The molecule has 1 aliphatic rings. The van der Waals surface area contributed by atoms with Crippen LogP contribution in [0.25, 0.3) is 6.08 Å². The highest BCUT2D eigenvalue weighted by atomic mass is 16.2. The molecule has 104 valence electrons. The van der Waals surface area contributed by atoms with Crippen molar-refractivity contribution in [2.45, 2.75) is 25.9 Å². The molecule has 3 N–H and O–H groups in total. The molecule has 0 atom stereocenters. The molecule has 6 heteroatoms. The highest BCUT2D eigenvalue weighted by Crippen LogP contribution is 2.19. The van der Waals surface area contributed by atoms with Crippen LogP contribution in [0.2, 0.25) is 0 Å². The van der Waals surface area contributed by atoms with Crippen LogP contribution in [-0.4, -0.2) is 45.7 Å². The fraction of sp³-hybridized carbons (Fsp3) is 0.538. The number of nitrogens with zero attached hydrogens (tertiary/aromatic N) is 3. The summed E-state index contributed by atoms with van der Waals surface area (Å²) >= 11 is 0. The number of amides is 1. The van der Waals surface area contributed by atoms with Crippen LogP contribution in [0.3, 0.4) is 0 Å². The summed E-state index contributed by atoms with van der Waals surface area (Å²) in [7, 11) is 2.02. The molecule has 6 nitrogen and oxygen atoms in total. The number of aromatic nitrogens is 2. The summed E-state index contributed by atoms with van der Waals surface area (Å²) in [5.74, 6) is 0.258. The predicted molar refractivity (Wildman–Crippen MR) is 72.4 cm³/mol. The number of carbonyl (C=O) groups excluding carboxylic acids is 1. The molecule has 0 spiro atoms. The molecule has 0 radical (unpaired) electrons. The monoisotopic (exact) mass is 264 g/mol. The summed E-state index contributed by atoms with van der Waals surface area (Å²) in [4.78, 5) is 18.0. The van der Waals surface area contributed by atoms with Crippen LogP contribution in [0.1, 0.15) is 34.8 Å². The Morgan fingerprint density at radius 1 is 1.53 bits per heavy atom. The van der Waals surface area contributed by atoms with Crippen molar-refractivity contribution in [3.8, 4) is 0 Å². The van der Waals surface area contributed by atoms with Crippen molar-refractivity contribution in [3.63, 3.8) is 0 Å². The number of hydrogen-bond donors (Lipinski definition) is 2. The smallest absolute Gasteiger partial charge is 0.269 e. The molecule has 1 amide bonds. The maximum absolute atomic E-state index is 11.5. The minimum Gasteiger partial charge on any atom is -0.396 e. The normalized spacial score (nSPS) is 16.5. The lowest BCUT2D eigenvalue weighted by Crippen LogP contribution is -2.21. The van der Waals surface area contributed by atoms with E-state index in [0.717, 1.165) is 31.0 Å². The Bertz CT molecular complexity index is 493. The van der Waals surface area contributed by atoms with Crippen molar-refractivity contribution in [1.82, 2.24) is 14.5 Å². The number of aliphatic hydroxyl groups is 1. The van der Waals surface area contributed by atoms with Crippen molar-refractivity contribution in [3.05, 3.63) is 23.3 Å². The molecule has 0 saturated heterocycles. The van der Waals surface area contributed by atoms with Gasteiger partial charge in [0.2, 0.25) is 0 Å². The topological polar surface area (TPSA) is 84.4 Å². The Morgan fingerprint density at radius 2 is 2.32 bits per heavy atom. The number of primary amides is 1. The van der Waals surface area contributed by atoms with Gasteiger partial charge in [-0.2, -0.15) is 0 Å². The minimum atomic E-state index is -0.485. The first-order valence-electron chi connectivity index (χ1n) is 6.48. The van der Waals surface area contributed by atoms with Crippen LogP contribution >= 0.6 is 0 Å². The maximum atomic E-state index is 11.5. The first-order chi connectivity index (χ1) is 9.13. The molecule has 0 saturated carbocycles. The second-order valence-corrected chi connectivity index (χ2v) is 4.79. The number of rotatable bonds is 4. The zero-order valence-corrected chi connectivity index (χ0v) is 11.2. The van der Waals surface area contributed by atoms with Crippen molar-refractivity contribution in [1.29, 1.82) is 0 Å². The van der Waals surface area contributed by atoms with E-state index in [1.165, 1.54) is 0 Å². The summed E-state index contributed by atoms with van der Waals surface area (Å²) in [5, 5.41) is 8.80. The number of imidazole rings is 1. The zero-order valence-electron chi connectivity index (χ0n) is 11.2. The number of hydrogen-bond acceptors (Lipinski definition) is 4. The van der Waals surface area contributed by atoms with Crippen LogP contribution in [0.4, 0.5) is 0 Å². The Labute approximate surface area is 112 Å². The third-order valence-corrected chi connectivity index (χ3v) is 3.24. The first-order valence-corrected chi connectivity index (χ1v) is 6.48. The van der Waals surface area contributed by atoms with E-state index < -0.39 is 5.91 Å². The van der Waals surface area contributed by atoms with E-state index in [0.29, 0.717) is 18.7 Å². The Morgan fingerprint density at radius 3 is 3.00 bits per heavy atom. The van der Waals surface area contributed by atoms with Gasteiger partial charge in [0.05, 0.1) is 5.69 Å². The lowest BCUT2D eigenvalue weighted by molar-refractivity contribution is 0.0994. The molecule has 1 aliphatic heterocycles. The summed E-state index contributed by atoms with van der Waals surface area (Å²) in [6.45, 7) is 2.60. The van der Waals surface area contributed by atoms with Gasteiger partial charge in [-0.3, -0.25) is 4.79 Å².